The quantitative estimate of drug-likeness (QED) is 0.0346. The molecule has 0 aromatic heterocycles. The molecule has 1 unspecified atom stereocenters. The van der Waals surface area contributed by atoms with Crippen molar-refractivity contribution in [3.8, 4) is 0 Å². The third-order valence-corrected chi connectivity index (χ3v) is 12.2. The third-order valence-electron chi connectivity index (χ3n) is 12.2. The van der Waals surface area contributed by atoms with Crippen LogP contribution in [-0.2, 0) is 23.8 Å². The van der Waals surface area contributed by atoms with Crippen molar-refractivity contribution in [3.63, 3.8) is 0 Å². The van der Waals surface area contributed by atoms with Crippen LogP contribution in [0, 0.1) is 0 Å². The van der Waals surface area contributed by atoms with Crippen LogP contribution in [0.4, 0.5) is 0 Å². The normalized spacial score (nSPS) is 12.7. The molecule has 5 heteroatoms. The molecule has 66 heavy (non-hydrogen) atoms. The summed E-state index contributed by atoms with van der Waals surface area (Å²) in [5.74, 6) is -0.421. The van der Waals surface area contributed by atoms with Crippen LogP contribution in [0.5, 0.6) is 0 Å². The van der Waals surface area contributed by atoms with Crippen molar-refractivity contribution in [2.75, 3.05) is 19.8 Å². The van der Waals surface area contributed by atoms with Gasteiger partial charge in [-0.2, -0.15) is 0 Å². The lowest BCUT2D eigenvalue weighted by atomic mass is 10.1. The Morgan fingerprint density at radius 2 is 0.636 bits per heavy atom. The van der Waals surface area contributed by atoms with Gasteiger partial charge in [0.25, 0.3) is 0 Å². The summed E-state index contributed by atoms with van der Waals surface area (Å²) in [6.07, 6.45) is 73.4. The van der Waals surface area contributed by atoms with Crippen LogP contribution in [0.2, 0.25) is 0 Å². The fourth-order valence-electron chi connectivity index (χ4n) is 7.89. The Kier molecular flexibility index (Phi) is 54.4. The summed E-state index contributed by atoms with van der Waals surface area (Å²) in [6, 6.07) is 0. The van der Waals surface area contributed by atoms with Gasteiger partial charge in [-0.15, -0.1) is 0 Å². The molecule has 0 rings (SSSR count). The van der Waals surface area contributed by atoms with Crippen molar-refractivity contribution in [2.45, 2.75) is 284 Å². The van der Waals surface area contributed by atoms with E-state index >= 15 is 0 Å². The van der Waals surface area contributed by atoms with Gasteiger partial charge < -0.3 is 14.2 Å². The highest BCUT2D eigenvalue weighted by Gasteiger charge is 2.17. The molecule has 0 aliphatic carbocycles. The Hall–Kier alpha value is -2.66. The lowest BCUT2D eigenvalue weighted by Gasteiger charge is -2.18. The topological polar surface area (TPSA) is 61.8 Å². The smallest absolute Gasteiger partial charge is 0.306 e. The average Bonchev–Trinajstić information content (AvgIpc) is 3.32. The average molecular weight is 922 g/mol. The second-order valence-electron chi connectivity index (χ2n) is 18.8. The van der Waals surface area contributed by atoms with Gasteiger partial charge in [0.1, 0.15) is 6.61 Å². The van der Waals surface area contributed by atoms with Gasteiger partial charge in [0.05, 0.1) is 6.61 Å². The van der Waals surface area contributed by atoms with Crippen LogP contribution in [0.3, 0.4) is 0 Å². The molecule has 0 fully saturated rings. The molecule has 0 spiro atoms. The van der Waals surface area contributed by atoms with Gasteiger partial charge in [-0.25, -0.2) is 0 Å². The number of unbranched alkanes of at least 4 members (excludes halogenated alkanes) is 29. The monoisotopic (exact) mass is 921 g/mol. The summed E-state index contributed by atoms with van der Waals surface area (Å²) in [6.45, 7) is 7.75. The van der Waals surface area contributed by atoms with Crippen LogP contribution in [-0.4, -0.2) is 37.9 Å². The fraction of sp³-hybridized carbons (Fsp3) is 0.770. The summed E-state index contributed by atoms with van der Waals surface area (Å²) in [5, 5.41) is 0. The Labute approximate surface area is 410 Å². The van der Waals surface area contributed by atoms with E-state index in [-0.39, 0.29) is 25.2 Å². The minimum Gasteiger partial charge on any atom is -0.462 e. The third kappa shape index (κ3) is 54.0. The Bertz CT molecular complexity index is 1180. The molecule has 0 saturated carbocycles. The Morgan fingerprint density at radius 3 is 1.06 bits per heavy atom. The van der Waals surface area contributed by atoms with E-state index in [1.807, 2.05) is 0 Å². The largest absolute Gasteiger partial charge is 0.462 e. The van der Waals surface area contributed by atoms with Crippen LogP contribution in [0.25, 0.3) is 0 Å². The molecular formula is C61H108O5. The van der Waals surface area contributed by atoms with Crippen molar-refractivity contribution in [1.82, 2.24) is 0 Å². The second-order valence-corrected chi connectivity index (χ2v) is 18.8. The van der Waals surface area contributed by atoms with E-state index < -0.39 is 6.10 Å². The first-order valence-corrected chi connectivity index (χ1v) is 28.5. The van der Waals surface area contributed by atoms with Crippen LogP contribution in [0.15, 0.2) is 72.9 Å². The molecule has 0 saturated heterocycles. The minimum atomic E-state index is -0.554. The first-order valence-electron chi connectivity index (χ1n) is 28.5. The highest BCUT2D eigenvalue weighted by molar-refractivity contribution is 5.70. The zero-order valence-corrected chi connectivity index (χ0v) is 44.0. The number of rotatable bonds is 52. The van der Waals surface area contributed by atoms with Gasteiger partial charge >= 0.3 is 11.9 Å². The highest BCUT2D eigenvalue weighted by Crippen LogP contribution is 2.14. The fourth-order valence-corrected chi connectivity index (χ4v) is 7.89. The molecule has 0 bridgehead atoms. The van der Waals surface area contributed by atoms with E-state index in [1.165, 1.54) is 161 Å². The number of esters is 2. The summed E-state index contributed by atoms with van der Waals surface area (Å²) >= 11 is 0. The molecule has 1 atom stereocenters. The van der Waals surface area contributed by atoms with Gasteiger partial charge in [-0.05, 0) is 116 Å². The minimum absolute atomic E-state index is 0.0696. The molecule has 0 amide bonds. The molecular weight excluding hydrogens is 813 g/mol. The summed E-state index contributed by atoms with van der Waals surface area (Å²) in [5.41, 5.74) is 0. The van der Waals surface area contributed by atoms with E-state index in [2.05, 4.69) is 93.7 Å². The maximum Gasteiger partial charge on any atom is 0.306 e. The number of ether oxygens (including phenoxy) is 3. The predicted molar refractivity (Wildman–Crippen MR) is 288 cm³/mol. The molecule has 0 aliphatic heterocycles. The van der Waals surface area contributed by atoms with Crippen molar-refractivity contribution in [3.05, 3.63) is 72.9 Å². The molecule has 0 heterocycles. The zero-order chi connectivity index (χ0) is 47.7. The van der Waals surface area contributed by atoms with E-state index in [9.17, 15) is 9.59 Å². The van der Waals surface area contributed by atoms with E-state index in [0.717, 1.165) is 83.5 Å². The molecule has 0 aromatic rings. The lowest BCUT2D eigenvalue weighted by molar-refractivity contribution is -0.163. The molecule has 0 aliphatic rings. The second kappa shape index (κ2) is 56.7. The predicted octanol–water partition coefficient (Wildman–Crippen LogP) is 19.5. The van der Waals surface area contributed by atoms with Crippen molar-refractivity contribution >= 4 is 11.9 Å². The Morgan fingerprint density at radius 1 is 0.333 bits per heavy atom. The SMILES string of the molecule is CCCCC/C=C\C/C=C\C/C=C\CCCCCCCCC(=O)OCC(COCCCCCCCC/C=C\C/C=C\CCCCC)OC(=O)CCCCCCC/C=C\CCCCCCCC. The molecule has 0 radical (unpaired) electrons. The first-order chi connectivity index (χ1) is 32.6. The summed E-state index contributed by atoms with van der Waals surface area (Å²) in [4.78, 5) is 25.5. The lowest BCUT2D eigenvalue weighted by Crippen LogP contribution is -2.30. The number of carbonyl (C=O) groups is 2. The standard InChI is InChI=1S/C61H108O5/c1-4-7-10-13-16-19-22-25-28-30-31-32-34-36-39-42-45-48-51-54-60(62)65-58-59(57-64-56-53-50-47-44-41-38-35-29-26-23-20-17-14-11-8-5-2)66-61(63)55-52-49-46-43-40-37-33-27-24-21-18-15-12-9-6-3/h16-17,19-20,25-29,31-33,59H,4-15,18,21-24,30,34-58H2,1-3H3/b19-16-,20-17-,28-25-,29-26-,32-31-,33-27-. The molecule has 0 aromatic carbocycles. The maximum absolute atomic E-state index is 12.8. The molecule has 382 valence electrons. The summed E-state index contributed by atoms with van der Waals surface area (Å²) in [7, 11) is 0. The summed E-state index contributed by atoms with van der Waals surface area (Å²) < 4.78 is 17.4. The molecule has 0 N–H and O–H groups in total. The molecule has 5 nitrogen and oxygen atoms in total. The van der Waals surface area contributed by atoms with Crippen molar-refractivity contribution in [1.29, 1.82) is 0 Å². The van der Waals surface area contributed by atoms with E-state index in [4.69, 9.17) is 14.2 Å². The van der Waals surface area contributed by atoms with Gasteiger partial charge in [0.2, 0.25) is 0 Å². The van der Waals surface area contributed by atoms with Gasteiger partial charge in [0.15, 0.2) is 6.10 Å². The van der Waals surface area contributed by atoms with E-state index in [0.29, 0.717) is 19.4 Å². The van der Waals surface area contributed by atoms with Crippen molar-refractivity contribution < 1.29 is 23.8 Å². The van der Waals surface area contributed by atoms with Crippen LogP contribution >= 0.6 is 0 Å². The first kappa shape index (κ1) is 63.3. The van der Waals surface area contributed by atoms with E-state index in [1.54, 1.807) is 0 Å². The maximum atomic E-state index is 12.8. The Balaban J connectivity index is 4.32. The zero-order valence-electron chi connectivity index (χ0n) is 44.0. The van der Waals surface area contributed by atoms with Gasteiger partial charge in [-0.3, -0.25) is 9.59 Å². The van der Waals surface area contributed by atoms with Gasteiger partial charge in [-0.1, -0.05) is 222 Å². The highest BCUT2D eigenvalue weighted by atomic mass is 16.6. The number of hydrogen-bond acceptors (Lipinski definition) is 5. The number of carbonyl (C=O) groups excluding carboxylic acids is 2. The van der Waals surface area contributed by atoms with Crippen LogP contribution < -0.4 is 0 Å². The van der Waals surface area contributed by atoms with Crippen molar-refractivity contribution in [2.24, 2.45) is 0 Å². The number of hydrogen-bond donors (Lipinski definition) is 0. The van der Waals surface area contributed by atoms with Gasteiger partial charge in [0, 0.05) is 19.4 Å². The van der Waals surface area contributed by atoms with Crippen LogP contribution in [0.1, 0.15) is 278 Å². The number of allylic oxidation sites excluding steroid dienone is 12.